The molecule has 0 unspecified atom stereocenters. The quantitative estimate of drug-likeness (QED) is 0.386. The lowest BCUT2D eigenvalue weighted by Gasteiger charge is -2.23. The fourth-order valence-electron chi connectivity index (χ4n) is 4.16. The van der Waals surface area contributed by atoms with E-state index in [9.17, 15) is 4.79 Å². The first-order valence-corrected chi connectivity index (χ1v) is 11.3. The Morgan fingerprint density at radius 1 is 1.03 bits per heavy atom. The number of hydrogen-bond donors (Lipinski definition) is 3. The molecule has 1 amide bonds. The van der Waals surface area contributed by atoms with Crippen molar-refractivity contribution in [2.45, 2.75) is 38.1 Å². The predicted octanol–water partition coefficient (Wildman–Crippen LogP) is 4.74. The van der Waals surface area contributed by atoms with Crippen LogP contribution < -0.4 is 16.0 Å². The number of imidazole rings is 1. The van der Waals surface area contributed by atoms with Gasteiger partial charge in [0.05, 0.1) is 23.5 Å². The third-order valence-electron chi connectivity index (χ3n) is 5.89. The van der Waals surface area contributed by atoms with Gasteiger partial charge in [-0.25, -0.2) is 9.50 Å². The molecule has 1 saturated carbocycles. The van der Waals surface area contributed by atoms with Crippen molar-refractivity contribution in [2.75, 3.05) is 16.0 Å². The molecule has 3 heterocycles. The molecule has 0 radical (unpaired) electrons. The Morgan fingerprint density at radius 3 is 2.53 bits per heavy atom. The summed E-state index contributed by atoms with van der Waals surface area (Å²) in [6.45, 7) is 0. The van der Waals surface area contributed by atoms with Gasteiger partial charge in [0.2, 0.25) is 0 Å². The second-order valence-corrected chi connectivity index (χ2v) is 8.31. The van der Waals surface area contributed by atoms with Crippen LogP contribution in [-0.2, 0) is 0 Å². The Balaban J connectivity index is 1.50. The van der Waals surface area contributed by atoms with Crippen molar-refractivity contribution in [1.29, 1.82) is 5.26 Å². The summed E-state index contributed by atoms with van der Waals surface area (Å²) in [5, 5.41) is 23.6. The normalized spacial score (nSPS) is 13.9. The standard InChI is InChI=1S/C25H24N8O/c26-15-17-6-8-19(9-7-17)29-21-14-23(30-18-4-2-1-3-5-18)32-33-22(16-28-24(21)33)25(34)31-20-10-12-27-13-11-20/h6-14,16,18,29H,1-5H2,(H,30,32)(H,27,31,34). The molecule has 170 valence electrons. The Morgan fingerprint density at radius 2 is 1.79 bits per heavy atom. The third kappa shape index (κ3) is 4.66. The van der Waals surface area contributed by atoms with E-state index in [1.807, 2.05) is 18.2 Å². The van der Waals surface area contributed by atoms with Crippen LogP contribution in [0.2, 0.25) is 0 Å². The molecule has 9 heteroatoms. The van der Waals surface area contributed by atoms with E-state index in [0.717, 1.165) is 18.5 Å². The minimum Gasteiger partial charge on any atom is -0.366 e. The lowest BCUT2D eigenvalue weighted by molar-refractivity contribution is 0.102. The van der Waals surface area contributed by atoms with Gasteiger partial charge < -0.3 is 16.0 Å². The topological polar surface area (TPSA) is 120 Å². The van der Waals surface area contributed by atoms with Crippen LogP contribution >= 0.6 is 0 Å². The highest BCUT2D eigenvalue weighted by Gasteiger charge is 2.19. The number of anilines is 4. The number of fused-ring (bicyclic) bond motifs is 1. The van der Waals surface area contributed by atoms with Gasteiger partial charge in [-0.15, -0.1) is 5.10 Å². The van der Waals surface area contributed by atoms with Crippen LogP contribution in [0.4, 0.5) is 22.9 Å². The van der Waals surface area contributed by atoms with E-state index in [-0.39, 0.29) is 5.91 Å². The molecule has 5 rings (SSSR count). The molecule has 1 aliphatic carbocycles. The molecule has 1 aliphatic rings. The van der Waals surface area contributed by atoms with Crippen molar-refractivity contribution in [3.63, 3.8) is 0 Å². The molecular weight excluding hydrogens is 428 g/mol. The minimum atomic E-state index is -0.315. The van der Waals surface area contributed by atoms with Gasteiger partial charge in [-0.05, 0) is 49.2 Å². The van der Waals surface area contributed by atoms with Gasteiger partial charge in [-0.2, -0.15) is 5.26 Å². The van der Waals surface area contributed by atoms with Crippen LogP contribution in [0.5, 0.6) is 0 Å². The highest BCUT2D eigenvalue weighted by atomic mass is 16.2. The van der Waals surface area contributed by atoms with Crippen LogP contribution in [0.3, 0.4) is 0 Å². The summed E-state index contributed by atoms with van der Waals surface area (Å²) in [5.41, 5.74) is 3.59. The van der Waals surface area contributed by atoms with Gasteiger partial charge >= 0.3 is 0 Å². The fourth-order valence-corrected chi connectivity index (χ4v) is 4.16. The van der Waals surface area contributed by atoms with Gasteiger partial charge in [0.15, 0.2) is 11.3 Å². The highest BCUT2D eigenvalue weighted by Crippen LogP contribution is 2.27. The van der Waals surface area contributed by atoms with Crippen LogP contribution in [0.15, 0.2) is 61.1 Å². The number of rotatable bonds is 6. The molecule has 9 nitrogen and oxygen atoms in total. The number of nitrogens with one attached hydrogen (secondary N) is 3. The molecule has 34 heavy (non-hydrogen) atoms. The number of carbonyl (C=O) groups excluding carboxylic acids is 1. The number of benzene rings is 1. The zero-order valence-corrected chi connectivity index (χ0v) is 18.5. The van der Waals surface area contributed by atoms with Gasteiger partial charge in [-0.3, -0.25) is 9.78 Å². The Bertz CT molecular complexity index is 1340. The van der Waals surface area contributed by atoms with E-state index in [1.165, 1.54) is 25.5 Å². The van der Waals surface area contributed by atoms with Crippen molar-refractivity contribution in [1.82, 2.24) is 19.6 Å². The average Bonchev–Trinajstić information content (AvgIpc) is 3.30. The first-order chi connectivity index (χ1) is 16.7. The molecule has 0 atom stereocenters. The zero-order valence-electron chi connectivity index (χ0n) is 18.5. The minimum absolute atomic E-state index is 0.315. The van der Waals surface area contributed by atoms with Crippen molar-refractivity contribution in [2.24, 2.45) is 0 Å². The molecule has 0 aliphatic heterocycles. The summed E-state index contributed by atoms with van der Waals surface area (Å²) in [6, 6.07) is 15.0. The number of amides is 1. The molecule has 0 saturated heterocycles. The maximum atomic E-state index is 13.0. The van der Waals surface area contributed by atoms with E-state index in [2.05, 4.69) is 32.0 Å². The number of pyridine rings is 1. The summed E-state index contributed by atoms with van der Waals surface area (Å²) in [6.07, 6.45) is 10.6. The van der Waals surface area contributed by atoms with Crippen molar-refractivity contribution < 1.29 is 4.79 Å². The van der Waals surface area contributed by atoms with Crippen molar-refractivity contribution in [3.8, 4) is 6.07 Å². The lowest BCUT2D eigenvalue weighted by atomic mass is 9.95. The Hall–Kier alpha value is -4.45. The fraction of sp³-hybridized carbons (Fsp3) is 0.240. The van der Waals surface area contributed by atoms with E-state index < -0.39 is 0 Å². The van der Waals surface area contributed by atoms with E-state index in [0.29, 0.717) is 40.1 Å². The number of nitrogens with zero attached hydrogens (tertiary/aromatic N) is 5. The summed E-state index contributed by atoms with van der Waals surface area (Å²) in [7, 11) is 0. The summed E-state index contributed by atoms with van der Waals surface area (Å²) < 4.78 is 1.56. The second-order valence-electron chi connectivity index (χ2n) is 8.31. The van der Waals surface area contributed by atoms with Crippen molar-refractivity contribution in [3.05, 3.63) is 72.3 Å². The number of aromatic nitrogens is 4. The molecule has 1 fully saturated rings. The Kier molecular flexibility index (Phi) is 6.03. The predicted molar refractivity (Wildman–Crippen MR) is 130 cm³/mol. The van der Waals surface area contributed by atoms with Gasteiger partial charge in [0.25, 0.3) is 5.91 Å². The lowest BCUT2D eigenvalue weighted by Crippen LogP contribution is -2.24. The van der Waals surface area contributed by atoms with Gasteiger partial charge in [0, 0.05) is 35.9 Å². The smallest absolute Gasteiger partial charge is 0.276 e. The number of hydrogen-bond acceptors (Lipinski definition) is 7. The molecular formula is C25H24N8O. The second kappa shape index (κ2) is 9.58. The van der Waals surface area contributed by atoms with Gasteiger partial charge in [0.1, 0.15) is 5.82 Å². The van der Waals surface area contributed by atoms with Crippen LogP contribution in [0.1, 0.15) is 48.2 Å². The highest BCUT2D eigenvalue weighted by molar-refractivity contribution is 6.03. The van der Waals surface area contributed by atoms with Crippen molar-refractivity contribution >= 4 is 34.4 Å². The molecule has 4 aromatic rings. The SMILES string of the molecule is N#Cc1ccc(Nc2cc(NC3CCCCC3)nn3c(C(=O)Nc4ccncc4)cnc23)cc1. The molecule has 3 aromatic heterocycles. The largest absolute Gasteiger partial charge is 0.366 e. The number of carbonyl (C=O) groups is 1. The first-order valence-electron chi connectivity index (χ1n) is 11.3. The molecule has 3 N–H and O–H groups in total. The van der Waals surface area contributed by atoms with Crippen LogP contribution in [-0.4, -0.2) is 31.5 Å². The Labute approximate surface area is 196 Å². The maximum absolute atomic E-state index is 13.0. The van der Waals surface area contributed by atoms with Crippen LogP contribution in [0.25, 0.3) is 5.65 Å². The molecule has 0 spiro atoms. The third-order valence-corrected chi connectivity index (χ3v) is 5.89. The summed E-state index contributed by atoms with van der Waals surface area (Å²) in [5.74, 6) is 0.358. The molecule has 0 bridgehead atoms. The zero-order chi connectivity index (χ0) is 23.3. The first kappa shape index (κ1) is 21.4. The van der Waals surface area contributed by atoms with Gasteiger partial charge in [-0.1, -0.05) is 19.3 Å². The van der Waals surface area contributed by atoms with E-state index >= 15 is 0 Å². The van der Waals surface area contributed by atoms with Crippen LogP contribution in [0, 0.1) is 11.3 Å². The summed E-state index contributed by atoms with van der Waals surface area (Å²) in [4.78, 5) is 21.5. The molecule has 1 aromatic carbocycles. The monoisotopic (exact) mass is 452 g/mol. The van der Waals surface area contributed by atoms with E-state index in [4.69, 9.17) is 10.4 Å². The summed E-state index contributed by atoms with van der Waals surface area (Å²) >= 11 is 0. The average molecular weight is 453 g/mol. The number of nitriles is 1. The maximum Gasteiger partial charge on any atom is 0.276 e. The van der Waals surface area contributed by atoms with E-state index in [1.54, 1.807) is 41.2 Å².